The number of carbonyl (C=O) groups is 1. The van der Waals surface area contributed by atoms with Crippen molar-refractivity contribution in [1.82, 2.24) is 5.32 Å². The molecule has 18 heavy (non-hydrogen) atoms. The molecule has 2 aliphatic heterocycles. The number of ether oxygens (including phenoxy) is 1. The van der Waals surface area contributed by atoms with Crippen molar-refractivity contribution in [2.24, 2.45) is 5.73 Å². The minimum absolute atomic E-state index is 0.0655. The van der Waals surface area contributed by atoms with Gasteiger partial charge < -0.3 is 15.8 Å². The van der Waals surface area contributed by atoms with Gasteiger partial charge in [0.25, 0.3) is 0 Å². The van der Waals surface area contributed by atoms with E-state index in [1.54, 1.807) is 0 Å². The number of hydrogen-bond acceptors (Lipinski definition) is 5. The Balaban J connectivity index is 1.88. The van der Waals surface area contributed by atoms with Crippen molar-refractivity contribution in [2.45, 2.75) is 37.3 Å². The number of carbonyl (C=O) groups excluding carboxylic acids is 1. The van der Waals surface area contributed by atoms with Crippen LogP contribution < -0.4 is 11.1 Å². The lowest BCUT2D eigenvalue weighted by molar-refractivity contribution is -0.130. The lowest BCUT2D eigenvalue weighted by atomic mass is 9.90. The monoisotopic (exact) mass is 276 g/mol. The zero-order valence-electron chi connectivity index (χ0n) is 10.4. The fraction of sp³-hybridized carbons (Fsp3) is 0.909. The first kappa shape index (κ1) is 13.8. The molecule has 1 amide bonds. The van der Waals surface area contributed by atoms with E-state index in [-0.39, 0.29) is 23.5 Å². The molecule has 0 saturated carbocycles. The number of nitrogens with two attached hydrogens (primary N) is 1. The lowest BCUT2D eigenvalue weighted by Gasteiger charge is -2.34. The van der Waals surface area contributed by atoms with Gasteiger partial charge in [0.05, 0.1) is 17.0 Å². The van der Waals surface area contributed by atoms with Crippen LogP contribution in [0, 0.1) is 0 Å². The molecular weight excluding hydrogens is 256 g/mol. The van der Waals surface area contributed by atoms with Crippen LogP contribution in [0.25, 0.3) is 0 Å². The first-order chi connectivity index (χ1) is 8.41. The Kier molecular flexibility index (Phi) is 3.93. The Morgan fingerprint density at radius 3 is 2.33 bits per heavy atom. The molecule has 2 fully saturated rings. The largest absolute Gasteiger partial charge is 0.381 e. The molecule has 2 aliphatic rings. The summed E-state index contributed by atoms with van der Waals surface area (Å²) < 4.78 is 27.8. The van der Waals surface area contributed by atoms with Gasteiger partial charge >= 0.3 is 0 Å². The number of hydrogen-bond donors (Lipinski definition) is 2. The molecule has 0 spiro atoms. The van der Waals surface area contributed by atoms with E-state index in [9.17, 15) is 13.2 Å². The first-order valence-electron chi connectivity index (χ1n) is 6.29. The SMILES string of the molecule is NC1(C(=O)NC2CCS(=O)(=O)CC2)CCOCC1. The molecule has 2 rings (SSSR count). The molecule has 0 aromatic heterocycles. The molecular formula is C11H20N2O4S. The minimum Gasteiger partial charge on any atom is -0.381 e. The van der Waals surface area contributed by atoms with Gasteiger partial charge in [0.1, 0.15) is 9.84 Å². The van der Waals surface area contributed by atoms with E-state index >= 15 is 0 Å². The quantitative estimate of drug-likeness (QED) is 0.687. The van der Waals surface area contributed by atoms with Crippen LogP contribution in [0.15, 0.2) is 0 Å². The van der Waals surface area contributed by atoms with Gasteiger partial charge in [-0.25, -0.2) is 8.42 Å². The summed E-state index contributed by atoms with van der Waals surface area (Å²) in [4.78, 5) is 12.1. The smallest absolute Gasteiger partial charge is 0.240 e. The standard InChI is InChI=1S/C11H20N2O4S/c12-11(3-5-17-6-4-11)10(14)13-9-1-7-18(15,16)8-2-9/h9H,1-8,12H2,(H,13,14). The highest BCUT2D eigenvalue weighted by Gasteiger charge is 2.37. The lowest BCUT2D eigenvalue weighted by Crippen LogP contribution is -2.59. The van der Waals surface area contributed by atoms with Crippen molar-refractivity contribution in [1.29, 1.82) is 0 Å². The summed E-state index contributed by atoms with van der Waals surface area (Å²) in [5, 5.41) is 2.88. The predicted octanol–water partition coefficient (Wildman–Crippen LogP) is -0.812. The molecule has 2 heterocycles. The summed E-state index contributed by atoms with van der Waals surface area (Å²) >= 11 is 0. The normalized spacial score (nSPS) is 27.6. The summed E-state index contributed by atoms with van der Waals surface area (Å²) in [5.41, 5.74) is 5.21. The molecule has 104 valence electrons. The molecule has 0 aromatic rings. The predicted molar refractivity (Wildman–Crippen MR) is 66.8 cm³/mol. The van der Waals surface area contributed by atoms with Gasteiger partial charge in [0.15, 0.2) is 0 Å². The maximum atomic E-state index is 12.1. The maximum Gasteiger partial charge on any atom is 0.240 e. The molecule has 0 bridgehead atoms. The fourth-order valence-electron chi connectivity index (χ4n) is 2.33. The summed E-state index contributed by atoms with van der Waals surface area (Å²) in [7, 11) is -2.89. The molecule has 2 saturated heterocycles. The van der Waals surface area contributed by atoms with Gasteiger partial charge in [-0.15, -0.1) is 0 Å². The summed E-state index contributed by atoms with van der Waals surface area (Å²) in [6.07, 6.45) is 2.01. The molecule has 7 heteroatoms. The maximum absolute atomic E-state index is 12.1. The van der Waals surface area contributed by atoms with Crippen LogP contribution >= 0.6 is 0 Å². The van der Waals surface area contributed by atoms with E-state index in [0.717, 1.165) is 0 Å². The highest BCUT2D eigenvalue weighted by molar-refractivity contribution is 7.91. The van der Waals surface area contributed by atoms with Crippen LogP contribution in [0.5, 0.6) is 0 Å². The molecule has 6 nitrogen and oxygen atoms in total. The molecule has 0 radical (unpaired) electrons. The van der Waals surface area contributed by atoms with Gasteiger partial charge in [-0.1, -0.05) is 0 Å². The Morgan fingerprint density at radius 2 is 1.78 bits per heavy atom. The molecule has 0 unspecified atom stereocenters. The van der Waals surface area contributed by atoms with Crippen molar-refractivity contribution in [3.8, 4) is 0 Å². The number of nitrogens with one attached hydrogen (secondary N) is 1. The van der Waals surface area contributed by atoms with Crippen molar-refractivity contribution in [2.75, 3.05) is 24.7 Å². The molecule has 0 aromatic carbocycles. The zero-order chi connectivity index (χ0) is 13.2. The molecule has 0 atom stereocenters. The fourth-order valence-corrected chi connectivity index (χ4v) is 3.82. The van der Waals surface area contributed by atoms with Crippen molar-refractivity contribution in [3.63, 3.8) is 0 Å². The highest BCUT2D eigenvalue weighted by atomic mass is 32.2. The molecule has 3 N–H and O–H groups in total. The van der Waals surface area contributed by atoms with Gasteiger partial charge in [-0.05, 0) is 25.7 Å². The summed E-state index contributed by atoms with van der Waals surface area (Å²) in [6.45, 7) is 1.01. The van der Waals surface area contributed by atoms with E-state index in [1.807, 2.05) is 0 Å². The number of sulfone groups is 1. The van der Waals surface area contributed by atoms with Gasteiger partial charge in [-0.2, -0.15) is 0 Å². The third kappa shape index (κ3) is 3.21. The zero-order valence-corrected chi connectivity index (χ0v) is 11.2. The number of rotatable bonds is 2. The van der Waals surface area contributed by atoms with Gasteiger partial charge in [0, 0.05) is 19.3 Å². The van der Waals surface area contributed by atoms with E-state index in [0.29, 0.717) is 38.9 Å². The van der Waals surface area contributed by atoms with Crippen molar-refractivity contribution >= 4 is 15.7 Å². The average Bonchev–Trinajstić information content (AvgIpc) is 2.33. The first-order valence-corrected chi connectivity index (χ1v) is 8.11. The summed E-state index contributed by atoms with van der Waals surface area (Å²) in [6, 6.07) is -0.0655. The third-order valence-electron chi connectivity index (χ3n) is 3.73. The Bertz CT molecular complexity index is 401. The average molecular weight is 276 g/mol. The number of amides is 1. The Morgan fingerprint density at radius 1 is 1.22 bits per heavy atom. The third-order valence-corrected chi connectivity index (χ3v) is 5.44. The van der Waals surface area contributed by atoms with Crippen molar-refractivity contribution in [3.05, 3.63) is 0 Å². The van der Waals surface area contributed by atoms with Crippen LogP contribution in [0.1, 0.15) is 25.7 Å². The van der Waals surface area contributed by atoms with Gasteiger partial charge in [0.2, 0.25) is 5.91 Å². The van der Waals surface area contributed by atoms with Crippen LogP contribution in [0.2, 0.25) is 0 Å². The second kappa shape index (κ2) is 5.14. The van der Waals surface area contributed by atoms with E-state index in [4.69, 9.17) is 10.5 Å². The van der Waals surface area contributed by atoms with E-state index in [1.165, 1.54) is 0 Å². The van der Waals surface area contributed by atoms with Crippen LogP contribution in [-0.2, 0) is 19.4 Å². The van der Waals surface area contributed by atoms with Gasteiger partial charge in [-0.3, -0.25) is 4.79 Å². The second-order valence-corrected chi connectivity index (χ2v) is 7.47. The molecule has 0 aliphatic carbocycles. The van der Waals surface area contributed by atoms with Crippen LogP contribution in [0.4, 0.5) is 0 Å². The van der Waals surface area contributed by atoms with Crippen LogP contribution in [0.3, 0.4) is 0 Å². The Labute approximate surface area is 107 Å². The van der Waals surface area contributed by atoms with E-state index < -0.39 is 15.4 Å². The summed E-state index contributed by atoms with van der Waals surface area (Å²) in [5.74, 6) is 0.132. The highest BCUT2D eigenvalue weighted by Crippen LogP contribution is 2.19. The van der Waals surface area contributed by atoms with E-state index in [2.05, 4.69) is 5.32 Å². The van der Waals surface area contributed by atoms with Crippen molar-refractivity contribution < 1.29 is 17.9 Å². The Hall–Kier alpha value is -0.660. The second-order valence-electron chi connectivity index (χ2n) is 5.17. The minimum atomic E-state index is -2.89. The van der Waals surface area contributed by atoms with Crippen LogP contribution in [-0.4, -0.2) is 50.6 Å². The topological polar surface area (TPSA) is 98.5 Å².